The first-order chi connectivity index (χ1) is 13.5. The summed E-state index contributed by atoms with van der Waals surface area (Å²) in [7, 11) is -5.05. The van der Waals surface area contributed by atoms with E-state index in [9.17, 15) is 23.2 Å². The Balaban J connectivity index is 2.61. The summed E-state index contributed by atoms with van der Waals surface area (Å²) in [4.78, 5) is 0. The second-order valence-electron chi connectivity index (χ2n) is 6.11. The maximum Gasteiger partial charge on any atom is 0.283 e. The summed E-state index contributed by atoms with van der Waals surface area (Å²) in [5, 5.41) is 19.2. The summed E-state index contributed by atoms with van der Waals surface area (Å²) in [5.41, 5.74) is -0.307. The average Bonchev–Trinajstić information content (AvgIpc) is 2.58. The summed E-state index contributed by atoms with van der Waals surface area (Å²) in [5.74, 6) is -0.441. The van der Waals surface area contributed by atoms with Crippen LogP contribution in [-0.2, 0) is 14.9 Å². The second kappa shape index (κ2) is 7.87. The van der Waals surface area contributed by atoms with Crippen LogP contribution in [0.15, 0.2) is 54.6 Å². The van der Waals surface area contributed by atoms with Crippen molar-refractivity contribution in [2.24, 2.45) is 0 Å². The zero-order valence-electron chi connectivity index (χ0n) is 14.3. The number of benzene rings is 3. The summed E-state index contributed by atoms with van der Waals surface area (Å²) in [6.07, 6.45) is 0. The van der Waals surface area contributed by atoms with E-state index in [1.54, 1.807) is 0 Å². The quantitative estimate of drug-likeness (QED) is 0.311. The minimum Gasteiger partial charge on any atom is -0.508 e. The third kappa shape index (κ3) is 3.77. The van der Waals surface area contributed by atoms with Gasteiger partial charge in [-0.3, -0.25) is 4.55 Å². The molecule has 0 aliphatic rings. The third-order valence-corrected chi connectivity index (χ3v) is 6.93. The SMILES string of the molecule is O=S(=O)(O)C(c1ccc(O)cc1)(c1ccc(Cl)cc1Cl)c1c(Cl)cc(O)cc1Cl. The maximum atomic E-state index is 13.0. The summed E-state index contributed by atoms with van der Waals surface area (Å²) in [6.45, 7) is 0. The normalized spacial score (nSPS) is 13.8. The van der Waals surface area contributed by atoms with Crippen molar-refractivity contribution in [3.8, 4) is 11.5 Å². The van der Waals surface area contributed by atoms with Crippen LogP contribution < -0.4 is 0 Å². The predicted octanol–water partition coefficient (Wildman–Crippen LogP) is 5.89. The molecule has 0 aliphatic heterocycles. The minimum atomic E-state index is -5.05. The van der Waals surface area contributed by atoms with E-state index in [4.69, 9.17) is 46.4 Å². The molecule has 0 fully saturated rings. The molecule has 0 bridgehead atoms. The van der Waals surface area contributed by atoms with Gasteiger partial charge in [-0.15, -0.1) is 0 Å². The number of rotatable bonds is 4. The van der Waals surface area contributed by atoms with Gasteiger partial charge in [0.05, 0.1) is 10.0 Å². The van der Waals surface area contributed by atoms with Crippen molar-refractivity contribution in [2.75, 3.05) is 0 Å². The first kappa shape index (κ1) is 22.0. The Kier molecular flexibility index (Phi) is 5.98. The Morgan fingerprint density at radius 1 is 0.724 bits per heavy atom. The molecule has 0 radical (unpaired) electrons. The monoisotopic (exact) mass is 492 g/mol. The molecule has 1 atom stereocenters. The van der Waals surface area contributed by atoms with Gasteiger partial charge in [-0.1, -0.05) is 64.6 Å². The summed E-state index contributed by atoms with van der Waals surface area (Å²) < 4.78 is 34.1. The van der Waals surface area contributed by atoms with Crippen molar-refractivity contribution in [3.63, 3.8) is 0 Å². The van der Waals surface area contributed by atoms with Crippen LogP contribution in [0.1, 0.15) is 16.7 Å². The fourth-order valence-corrected chi connectivity index (χ4v) is 6.06. The van der Waals surface area contributed by atoms with Gasteiger partial charge in [0.15, 0.2) is 4.75 Å². The molecule has 29 heavy (non-hydrogen) atoms. The highest BCUT2D eigenvalue weighted by molar-refractivity contribution is 7.87. The van der Waals surface area contributed by atoms with E-state index in [1.165, 1.54) is 42.5 Å². The van der Waals surface area contributed by atoms with Crippen molar-refractivity contribution in [3.05, 3.63) is 91.4 Å². The van der Waals surface area contributed by atoms with E-state index in [0.29, 0.717) is 0 Å². The van der Waals surface area contributed by atoms with Crippen LogP contribution in [0.4, 0.5) is 0 Å². The topological polar surface area (TPSA) is 94.8 Å². The largest absolute Gasteiger partial charge is 0.508 e. The van der Waals surface area contributed by atoms with Crippen molar-refractivity contribution < 1.29 is 23.2 Å². The van der Waals surface area contributed by atoms with Gasteiger partial charge in [0.2, 0.25) is 0 Å². The number of phenolic OH excluding ortho intramolecular Hbond substituents is 2. The van der Waals surface area contributed by atoms with Crippen molar-refractivity contribution in [1.82, 2.24) is 0 Å². The van der Waals surface area contributed by atoms with Gasteiger partial charge in [-0.05, 0) is 42.0 Å². The Morgan fingerprint density at radius 3 is 1.76 bits per heavy atom. The molecule has 0 saturated carbocycles. The Labute approximate surface area is 186 Å². The molecule has 152 valence electrons. The average molecular weight is 494 g/mol. The number of aromatic hydroxyl groups is 2. The molecule has 3 aromatic rings. The molecule has 0 amide bonds. The lowest BCUT2D eigenvalue weighted by atomic mass is 9.83. The third-order valence-electron chi connectivity index (χ3n) is 4.35. The molecular weight excluding hydrogens is 482 g/mol. The van der Waals surface area contributed by atoms with Gasteiger partial charge in [0.1, 0.15) is 11.5 Å². The van der Waals surface area contributed by atoms with E-state index >= 15 is 0 Å². The Hall–Kier alpha value is -1.67. The zero-order chi connectivity index (χ0) is 21.6. The fourth-order valence-electron chi connectivity index (χ4n) is 3.22. The molecule has 0 aromatic heterocycles. The first-order valence-corrected chi connectivity index (χ1v) is 10.8. The van der Waals surface area contributed by atoms with Gasteiger partial charge < -0.3 is 10.2 Å². The van der Waals surface area contributed by atoms with Crippen LogP contribution in [0.2, 0.25) is 20.1 Å². The maximum absolute atomic E-state index is 13.0. The lowest BCUT2D eigenvalue weighted by Gasteiger charge is -2.34. The van der Waals surface area contributed by atoms with E-state index < -0.39 is 14.9 Å². The highest BCUT2D eigenvalue weighted by Gasteiger charge is 2.52. The Morgan fingerprint density at radius 2 is 1.28 bits per heavy atom. The van der Waals surface area contributed by atoms with Gasteiger partial charge >= 0.3 is 0 Å². The molecule has 3 aromatic carbocycles. The molecule has 0 spiro atoms. The number of hydrogen-bond acceptors (Lipinski definition) is 4. The molecule has 5 nitrogen and oxygen atoms in total. The standard InChI is InChI=1S/C19H12Cl4O5S/c20-11-3-6-14(15(21)7-11)19(29(26,27)28,10-1-4-12(24)5-2-10)18-16(22)8-13(25)9-17(18)23/h1-9,24-25H,(H,26,27,28). The molecule has 3 N–H and O–H groups in total. The van der Waals surface area contributed by atoms with Gasteiger partial charge in [-0.2, -0.15) is 8.42 Å². The van der Waals surface area contributed by atoms with Crippen LogP contribution >= 0.6 is 46.4 Å². The lowest BCUT2D eigenvalue weighted by Crippen LogP contribution is -2.39. The van der Waals surface area contributed by atoms with Crippen molar-refractivity contribution in [2.45, 2.75) is 4.75 Å². The predicted molar refractivity (Wildman–Crippen MR) is 114 cm³/mol. The molecular formula is C19H12Cl4O5S. The van der Waals surface area contributed by atoms with Gasteiger partial charge in [-0.25, -0.2) is 0 Å². The number of hydrogen-bond donors (Lipinski definition) is 3. The number of halogens is 4. The van der Waals surface area contributed by atoms with Crippen LogP contribution in [0.3, 0.4) is 0 Å². The molecule has 0 heterocycles. The van der Waals surface area contributed by atoms with Crippen molar-refractivity contribution in [1.29, 1.82) is 0 Å². The Bertz CT molecular complexity index is 1170. The molecule has 0 saturated heterocycles. The van der Waals surface area contributed by atoms with Crippen LogP contribution in [0.25, 0.3) is 0 Å². The highest BCUT2D eigenvalue weighted by Crippen LogP contribution is 2.52. The summed E-state index contributed by atoms with van der Waals surface area (Å²) in [6, 6.07) is 11.3. The van der Waals surface area contributed by atoms with Crippen molar-refractivity contribution >= 4 is 56.5 Å². The van der Waals surface area contributed by atoms with Crippen LogP contribution in [-0.4, -0.2) is 23.2 Å². The smallest absolute Gasteiger partial charge is 0.283 e. The molecule has 3 rings (SSSR count). The number of phenols is 2. The minimum absolute atomic E-state index is 0.00323. The summed E-state index contributed by atoms with van der Waals surface area (Å²) >= 11 is 24.9. The van der Waals surface area contributed by atoms with Gasteiger partial charge in [0.25, 0.3) is 10.1 Å². The first-order valence-electron chi connectivity index (χ1n) is 7.89. The van der Waals surface area contributed by atoms with E-state index in [2.05, 4.69) is 0 Å². The van der Waals surface area contributed by atoms with Crippen LogP contribution in [0, 0.1) is 0 Å². The van der Waals surface area contributed by atoms with E-state index in [-0.39, 0.29) is 48.3 Å². The van der Waals surface area contributed by atoms with Crippen LogP contribution in [0.5, 0.6) is 11.5 Å². The van der Waals surface area contributed by atoms with Gasteiger partial charge in [0, 0.05) is 21.2 Å². The fraction of sp³-hybridized carbons (Fsp3) is 0.0526. The second-order valence-corrected chi connectivity index (χ2v) is 9.33. The van der Waals surface area contributed by atoms with E-state index in [0.717, 1.165) is 12.1 Å². The zero-order valence-corrected chi connectivity index (χ0v) is 18.1. The highest BCUT2D eigenvalue weighted by atomic mass is 35.5. The molecule has 10 heteroatoms. The lowest BCUT2D eigenvalue weighted by molar-refractivity contribution is 0.456. The molecule has 1 unspecified atom stereocenters. The molecule has 0 aliphatic carbocycles. The van der Waals surface area contributed by atoms with E-state index in [1.807, 2.05) is 0 Å².